The van der Waals surface area contributed by atoms with Crippen molar-refractivity contribution in [3.05, 3.63) is 74.6 Å². The van der Waals surface area contributed by atoms with E-state index >= 15 is 0 Å². The number of hydrogen-bond acceptors (Lipinski definition) is 2. The number of nitroso groups, excluding NO2 is 1. The van der Waals surface area contributed by atoms with E-state index in [4.69, 9.17) is 23.2 Å². The number of rotatable bonds is 3. The Morgan fingerprint density at radius 1 is 0.778 bits per heavy atom. The van der Waals surface area contributed by atoms with Crippen LogP contribution in [0.5, 0.6) is 0 Å². The molecule has 0 heterocycles. The van der Waals surface area contributed by atoms with E-state index in [1.807, 2.05) is 0 Å². The molecule has 2 aromatic carbocycles. The smallest absolute Gasteiger partial charge is 0.104 e. The molecule has 0 radical (unpaired) electrons. The zero-order valence-electron chi connectivity index (χ0n) is 9.18. The van der Waals surface area contributed by atoms with Gasteiger partial charge in [-0.2, -0.15) is 0 Å². The average Bonchev–Trinajstić information content (AvgIpc) is 2.39. The number of nitrogens with zero attached hydrogens (tertiary/aromatic N) is 2. The number of benzene rings is 2. The highest BCUT2D eigenvalue weighted by atomic mass is 35.5. The topological polar surface area (TPSA) is 41.8 Å². The third kappa shape index (κ3) is 2.94. The van der Waals surface area contributed by atoms with Crippen LogP contribution in [0, 0.1) is 4.91 Å². The van der Waals surface area contributed by atoms with Crippen molar-refractivity contribution in [1.82, 2.24) is 0 Å². The molecule has 0 bridgehead atoms. The second-order valence-electron chi connectivity index (χ2n) is 3.54. The van der Waals surface area contributed by atoms with E-state index in [1.165, 1.54) is 0 Å². The molecule has 0 aliphatic heterocycles. The van der Waals surface area contributed by atoms with E-state index in [9.17, 15) is 4.91 Å². The molecule has 0 atom stereocenters. The summed E-state index contributed by atoms with van der Waals surface area (Å²) in [4.78, 5) is 10.4. The largest absolute Gasteiger partial charge is 0.123 e. The zero-order valence-corrected chi connectivity index (χ0v) is 10.7. The van der Waals surface area contributed by atoms with Crippen LogP contribution < -0.4 is 0 Å². The molecule has 2 rings (SSSR count). The summed E-state index contributed by atoms with van der Waals surface area (Å²) in [7, 11) is 0. The molecule has 0 N–H and O–H groups in total. The van der Waals surface area contributed by atoms with Gasteiger partial charge in [-0.05, 0) is 24.3 Å². The molecular weight excluding hydrogens is 271 g/mol. The van der Waals surface area contributed by atoms with Crippen LogP contribution in [0.25, 0.3) is 0 Å². The molecule has 0 saturated carbocycles. The summed E-state index contributed by atoms with van der Waals surface area (Å²) < 4.78 is 0. The van der Waals surface area contributed by atoms with E-state index in [2.05, 4.69) is 10.4 Å². The van der Waals surface area contributed by atoms with E-state index in [-0.39, 0.29) is 0 Å². The Kier molecular flexibility index (Phi) is 4.07. The summed E-state index contributed by atoms with van der Waals surface area (Å²) in [6.45, 7) is 0. The Bertz CT molecular complexity index is 529. The molecule has 2 aromatic rings. The molecule has 18 heavy (non-hydrogen) atoms. The summed E-state index contributed by atoms with van der Waals surface area (Å²) in [5.41, 5.74) is 2.01. The van der Waals surface area contributed by atoms with Crippen LogP contribution in [-0.4, -0.2) is 5.71 Å². The average molecular weight is 279 g/mol. The third-order valence-corrected chi connectivity index (χ3v) is 2.88. The highest BCUT2D eigenvalue weighted by Crippen LogP contribution is 2.17. The fourth-order valence-corrected chi connectivity index (χ4v) is 1.79. The second-order valence-corrected chi connectivity index (χ2v) is 4.42. The van der Waals surface area contributed by atoms with E-state index in [0.717, 1.165) is 11.1 Å². The van der Waals surface area contributed by atoms with Gasteiger partial charge in [-0.15, -0.1) is 10.0 Å². The minimum absolute atomic E-state index is 0.485. The molecular formula is C13H8Cl2N2O. The predicted molar refractivity (Wildman–Crippen MR) is 74.3 cm³/mol. The Hall–Kier alpha value is -1.71. The van der Waals surface area contributed by atoms with Gasteiger partial charge in [-0.1, -0.05) is 47.5 Å². The van der Waals surface area contributed by atoms with Crippen molar-refractivity contribution in [2.75, 3.05) is 0 Å². The molecule has 0 amide bonds. The lowest BCUT2D eigenvalue weighted by molar-refractivity contribution is 1.21. The van der Waals surface area contributed by atoms with Crippen LogP contribution in [0.15, 0.2) is 58.9 Å². The van der Waals surface area contributed by atoms with Gasteiger partial charge in [-0.3, -0.25) is 0 Å². The van der Waals surface area contributed by atoms with Crippen LogP contribution in [0.4, 0.5) is 0 Å². The van der Waals surface area contributed by atoms with Crippen LogP contribution in [-0.2, 0) is 0 Å². The van der Waals surface area contributed by atoms with Gasteiger partial charge in [-0.25, -0.2) is 0 Å². The molecule has 90 valence electrons. The first-order valence-corrected chi connectivity index (χ1v) is 5.88. The van der Waals surface area contributed by atoms with Crippen molar-refractivity contribution in [1.29, 1.82) is 0 Å². The Morgan fingerprint density at radius 3 is 1.50 bits per heavy atom. The Morgan fingerprint density at radius 2 is 1.17 bits per heavy atom. The zero-order chi connectivity index (χ0) is 13.0. The van der Waals surface area contributed by atoms with Crippen molar-refractivity contribution in [3.8, 4) is 0 Å². The molecule has 3 nitrogen and oxygen atoms in total. The SMILES string of the molecule is O=NN=C(c1ccc(Cl)cc1)c1ccc(Cl)cc1. The quantitative estimate of drug-likeness (QED) is 0.463. The van der Waals surface area contributed by atoms with E-state index < -0.39 is 0 Å². The highest BCUT2D eigenvalue weighted by Gasteiger charge is 2.07. The van der Waals surface area contributed by atoms with Gasteiger partial charge < -0.3 is 0 Å². The fourth-order valence-electron chi connectivity index (χ4n) is 1.54. The molecule has 0 aliphatic rings. The summed E-state index contributed by atoms with van der Waals surface area (Å²) in [5.74, 6) is 0. The van der Waals surface area contributed by atoms with Crippen molar-refractivity contribution >= 4 is 28.9 Å². The van der Waals surface area contributed by atoms with Crippen LogP contribution >= 0.6 is 23.2 Å². The lowest BCUT2D eigenvalue weighted by Crippen LogP contribution is -2.02. The van der Waals surface area contributed by atoms with Gasteiger partial charge in [0, 0.05) is 21.2 Å². The Balaban J connectivity index is 2.46. The summed E-state index contributed by atoms with van der Waals surface area (Å²) in [6.07, 6.45) is 0. The maximum atomic E-state index is 10.4. The molecule has 5 heteroatoms. The first-order chi connectivity index (χ1) is 8.70. The van der Waals surface area contributed by atoms with Gasteiger partial charge in [0.1, 0.15) is 5.71 Å². The molecule has 0 spiro atoms. The van der Waals surface area contributed by atoms with Crippen molar-refractivity contribution in [3.63, 3.8) is 0 Å². The maximum absolute atomic E-state index is 10.4. The lowest BCUT2D eigenvalue weighted by Gasteiger charge is -2.05. The van der Waals surface area contributed by atoms with Crippen molar-refractivity contribution < 1.29 is 0 Å². The third-order valence-electron chi connectivity index (χ3n) is 2.38. The molecule has 0 aliphatic carbocycles. The van der Waals surface area contributed by atoms with Gasteiger partial charge in [0.25, 0.3) is 0 Å². The summed E-state index contributed by atoms with van der Waals surface area (Å²) >= 11 is 11.6. The van der Waals surface area contributed by atoms with Gasteiger partial charge in [0.2, 0.25) is 0 Å². The molecule has 0 aromatic heterocycles. The first kappa shape index (κ1) is 12.7. The van der Waals surface area contributed by atoms with Gasteiger partial charge in [0.05, 0.1) is 5.29 Å². The normalized spacial score (nSPS) is 9.89. The summed E-state index contributed by atoms with van der Waals surface area (Å²) in [6, 6.07) is 14.0. The summed E-state index contributed by atoms with van der Waals surface area (Å²) in [5, 5.41) is 7.47. The lowest BCUT2D eigenvalue weighted by atomic mass is 10.0. The minimum atomic E-state index is 0.485. The maximum Gasteiger partial charge on any atom is 0.104 e. The molecule has 0 fully saturated rings. The predicted octanol–water partition coefficient (Wildman–Crippen LogP) is 4.51. The fraction of sp³-hybridized carbons (Fsp3) is 0. The second kappa shape index (κ2) is 5.76. The molecule has 0 unspecified atom stereocenters. The van der Waals surface area contributed by atoms with Crippen LogP contribution in [0.2, 0.25) is 10.0 Å². The van der Waals surface area contributed by atoms with Gasteiger partial charge >= 0.3 is 0 Å². The number of hydrogen-bond donors (Lipinski definition) is 0. The Labute approximate surface area is 114 Å². The molecule has 0 saturated heterocycles. The number of halogens is 2. The van der Waals surface area contributed by atoms with Crippen molar-refractivity contribution in [2.45, 2.75) is 0 Å². The highest BCUT2D eigenvalue weighted by molar-refractivity contribution is 6.31. The standard InChI is InChI=1S/C13H8Cl2N2O/c14-11-5-1-9(2-6-11)13(16-17-18)10-3-7-12(15)8-4-10/h1-8H. The van der Waals surface area contributed by atoms with Crippen molar-refractivity contribution in [2.24, 2.45) is 10.4 Å². The monoisotopic (exact) mass is 278 g/mol. The first-order valence-electron chi connectivity index (χ1n) is 5.13. The van der Waals surface area contributed by atoms with Crippen LogP contribution in [0.3, 0.4) is 0 Å². The van der Waals surface area contributed by atoms with E-state index in [0.29, 0.717) is 15.8 Å². The van der Waals surface area contributed by atoms with Crippen LogP contribution in [0.1, 0.15) is 11.1 Å². The van der Waals surface area contributed by atoms with E-state index in [1.54, 1.807) is 48.5 Å². The minimum Gasteiger partial charge on any atom is -0.123 e. The van der Waals surface area contributed by atoms with Gasteiger partial charge in [0.15, 0.2) is 0 Å².